The molecular weight excluding hydrogens is 356 g/mol. The SMILES string of the molecule is O=C(O)CNCCO.O=C(O)COCC1(N(CC(=O)O)CC(=O)O)CC1. The van der Waals surface area contributed by atoms with E-state index in [0.717, 1.165) is 0 Å². The highest BCUT2D eigenvalue weighted by molar-refractivity contribution is 5.73. The van der Waals surface area contributed by atoms with Crippen LogP contribution in [0.4, 0.5) is 0 Å². The van der Waals surface area contributed by atoms with Crippen molar-refractivity contribution in [2.24, 2.45) is 0 Å². The number of aliphatic hydroxyl groups excluding tert-OH is 1. The Kier molecular flexibility index (Phi) is 11.1. The summed E-state index contributed by atoms with van der Waals surface area (Å²) in [5, 5.41) is 44.5. The van der Waals surface area contributed by atoms with Crippen LogP contribution in [0.5, 0.6) is 0 Å². The first kappa shape index (κ1) is 23.7. The molecule has 0 unspecified atom stereocenters. The first-order valence-electron chi connectivity index (χ1n) is 7.64. The number of carboxylic acids is 4. The number of nitrogens with one attached hydrogen (secondary N) is 1. The van der Waals surface area contributed by atoms with E-state index in [1.165, 1.54) is 4.90 Å². The summed E-state index contributed by atoms with van der Waals surface area (Å²) in [6.07, 6.45) is 1.21. The summed E-state index contributed by atoms with van der Waals surface area (Å²) in [5.41, 5.74) is -0.647. The lowest BCUT2D eigenvalue weighted by Gasteiger charge is -2.28. The normalized spacial score (nSPS) is 14.2. The van der Waals surface area contributed by atoms with E-state index < -0.39 is 49.1 Å². The van der Waals surface area contributed by atoms with Gasteiger partial charge in [0.25, 0.3) is 0 Å². The van der Waals surface area contributed by atoms with E-state index in [9.17, 15) is 19.2 Å². The van der Waals surface area contributed by atoms with Gasteiger partial charge in [0, 0.05) is 12.1 Å². The Hall–Kier alpha value is -2.28. The van der Waals surface area contributed by atoms with Crippen LogP contribution >= 0.6 is 0 Å². The predicted octanol–water partition coefficient (Wildman–Crippen LogP) is -2.26. The van der Waals surface area contributed by atoms with E-state index in [4.69, 9.17) is 30.3 Å². The summed E-state index contributed by atoms with van der Waals surface area (Å²) in [6.45, 7) is -1.01. The van der Waals surface area contributed by atoms with E-state index in [-0.39, 0.29) is 19.8 Å². The molecule has 0 saturated heterocycles. The molecule has 1 aliphatic carbocycles. The Morgan fingerprint density at radius 3 is 1.81 bits per heavy atom. The van der Waals surface area contributed by atoms with E-state index in [2.05, 4.69) is 5.32 Å². The van der Waals surface area contributed by atoms with E-state index in [1.54, 1.807) is 0 Å². The Morgan fingerprint density at radius 2 is 1.46 bits per heavy atom. The molecule has 0 spiro atoms. The summed E-state index contributed by atoms with van der Waals surface area (Å²) >= 11 is 0. The van der Waals surface area contributed by atoms with Gasteiger partial charge in [-0.1, -0.05) is 0 Å². The second-order valence-corrected chi connectivity index (χ2v) is 5.55. The summed E-state index contributed by atoms with van der Waals surface area (Å²) in [6, 6.07) is 0. The number of aliphatic hydroxyl groups is 1. The van der Waals surface area contributed by atoms with Gasteiger partial charge >= 0.3 is 23.9 Å². The molecule has 1 fully saturated rings. The molecule has 1 aliphatic rings. The Morgan fingerprint density at radius 1 is 0.923 bits per heavy atom. The third-order valence-corrected chi connectivity index (χ3v) is 3.31. The van der Waals surface area contributed by atoms with Gasteiger partial charge in [0.15, 0.2) is 0 Å². The Balaban J connectivity index is 0.000000660. The van der Waals surface area contributed by atoms with Gasteiger partial charge in [0.05, 0.1) is 32.8 Å². The quantitative estimate of drug-likeness (QED) is 0.188. The number of carbonyl (C=O) groups is 4. The van der Waals surface area contributed by atoms with Crippen LogP contribution in [0.25, 0.3) is 0 Å². The molecule has 0 amide bonds. The van der Waals surface area contributed by atoms with Crippen molar-refractivity contribution in [3.05, 3.63) is 0 Å². The fourth-order valence-corrected chi connectivity index (χ4v) is 2.02. The zero-order valence-corrected chi connectivity index (χ0v) is 14.1. The molecule has 0 aromatic rings. The second kappa shape index (κ2) is 12.1. The monoisotopic (exact) mass is 380 g/mol. The van der Waals surface area contributed by atoms with E-state index in [0.29, 0.717) is 19.4 Å². The average Bonchev–Trinajstić information content (AvgIpc) is 3.27. The molecule has 150 valence electrons. The van der Waals surface area contributed by atoms with Crippen molar-refractivity contribution >= 4 is 23.9 Å². The minimum atomic E-state index is -1.12. The van der Waals surface area contributed by atoms with Crippen LogP contribution in [0.15, 0.2) is 0 Å². The van der Waals surface area contributed by atoms with Crippen molar-refractivity contribution in [2.75, 3.05) is 46.0 Å². The van der Waals surface area contributed by atoms with E-state index >= 15 is 0 Å². The number of aliphatic carboxylic acids is 4. The van der Waals surface area contributed by atoms with Crippen molar-refractivity contribution in [1.82, 2.24) is 10.2 Å². The summed E-state index contributed by atoms with van der Waals surface area (Å²) in [7, 11) is 0. The molecule has 1 rings (SSSR count). The van der Waals surface area contributed by atoms with Crippen LogP contribution in [-0.2, 0) is 23.9 Å². The van der Waals surface area contributed by atoms with Crippen LogP contribution < -0.4 is 5.32 Å². The molecule has 0 atom stereocenters. The Labute approximate surface area is 149 Å². The summed E-state index contributed by atoms with van der Waals surface area (Å²) in [5.74, 6) is -4.27. The summed E-state index contributed by atoms with van der Waals surface area (Å²) in [4.78, 5) is 42.7. The fourth-order valence-electron chi connectivity index (χ4n) is 2.02. The zero-order chi connectivity index (χ0) is 20.2. The Bertz CT molecular complexity index is 476. The molecule has 0 bridgehead atoms. The first-order chi connectivity index (χ1) is 12.1. The van der Waals surface area contributed by atoms with Crippen LogP contribution in [0, 0.1) is 0 Å². The van der Waals surface area contributed by atoms with Crippen molar-refractivity contribution in [1.29, 1.82) is 0 Å². The highest BCUT2D eigenvalue weighted by atomic mass is 16.5. The number of carboxylic acid groups (broad SMARTS) is 4. The molecule has 6 N–H and O–H groups in total. The number of hydrogen-bond acceptors (Lipinski definition) is 8. The maximum atomic E-state index is 10.7. The largest absolute Gasteiger partial charge is 0.480 e. The van der Waals surface area contributed by atoms with Crippen LogP contribution in [0.3, 0.4) is 0 Å². The number of hydrogen-bond donors (Lipinski definition) is 6. The van der Waals surface area contributed by atoms with Gasteiger partial charge < -0.3 is 35.6 Å². The van der Waals surface area contributed by atoms with Gasteiger partial charge in [-0.2, -0.15) is 0 Å². The predicted molar refractivity (Wildman–Crippen MR) is 84.9 cm³/mol. The molecular formula is C14H24N2O10. The highest BCUT2D eigenvalue weighted by Gasteiger charge is 2.49. The fraction of sp³-hybridized carbons (Fsp3) is 0.714. The van der Waals surface area contributed by atoms with Gasteiger partial charge in [-0.3, -0.25) is 19.3 Å². The lowest BCUT2D eigenvalue weighted by atomic mass is 10.2. The average molecular weight is 380 g/mol. The molecule has 0 radical (unpaired) electrons. The molecule has 0 aliphatic heterocycles. The maximum Gasteiger partial charge on any atom is 0.329 e. The van der Waals surface area contributed by atoms with Crippen LogP contribution in [0.2, 0.25) is 0 Å². The van der Waals surface area contributed by atoms with Crippen molar-refractivity contribution in [3.8, 4) is 0 Å². The molecule has 26 heavy (non-hydrogen) atoms. The molecule has 0 aromatic heterocycles. The number of rotatable bonds is 13. The zero-order valence-electron chi connectivity index (χ0n) is 14.1. The first-order valence-corrected chi connectivity index (χ1v) is 7.64. The van der Waals surface area contributed by atoms with Crippen molar-refractivity contribution in [2.45, 2.75) is 18.4 Å². The van der Waals surface area contributed by atoms with Crippen LogP contribution in [0.1, 0.15) is 12.8 Å². The van der Waals surface area contributed by atoms with Gasteiger partial charge in [0.2, 0.25) is 0 Å². The third-order valence-electron chi connectivity index (χ3n) is 3.31. The van der Waals surface area contributed by atoms with Crippen LogP contribution in [-0.4, -0.2) is 106 Å². The third kappa shape index (κ3) is 11.3. The van der Waals surface area contributed by atoms with Crippen molar-refractivity contribution < 1.29 is 49.4 Å². The number of ether oxygens (including phenoxy) is 1. The minimum absolute atomic E-state index is 0.0206. The molecule has 1 saturated carbocycles. The summed E-state index contributed by atoms with van der Waals surface area (Å²) < 4.78 is 4.94. The number of nitrogens with zero attached hydrogens (tertiary/aromatic N) is 1. The standard InChI is InChI=1S/C10H15NO7.C4H9NO3/c12-7(13)3-11(4-8(14)15)10(1-2-10)6-18-5-9(16)17;6-2-1-5-3-4(7)8/h1-6H2,(H,12,13)(H,14,15)(H,16,17);5-6H,1-3H2,(H,7,8). The van der Waals surface area contributed by atoms with E-state index in [1.807, 2.05) is 0 Å². The maximum absolute atomic E-state index is 10.7. The lowest BCUT2D eigenvalue weighted by Crippen LogP contribution is -2.46. The molecule has 12 heteroatoms. The van der Waals surface area contributed by atoms with Gasteiger partial charge in [-0.05, 0) is 12.8 Å². The van der Waals surface area contributed by atoms with Gasteiger partial charge in [-0.15, -0.1) is 0 Å². The molecule has 0 aromatic carbocycles. The lowest BCUT2D eigenvalue weighted by molar-refractivity contribution is -0.147. The van der Waals surface area contributed by atoms with Gasteiger partial charge in [0.1, 0.15) is 6.61 Å². The second-order valence-electron chi connectivity index (χ2n) is 5.55. The van der Waals surface area contributed by atoms with Crippen molar-refractivity contribution in [3.63, 3.8) is 0 Å². The molecule has 12 nitrogen and oxygen atoms in total. The molecule has 0 heterocycles. The minimum Gasteiger partial charge on any atom is -0.480 e. The highest BCUT2D eigenvalue weighted by Crippen LogP contribution is 2.41. The topological polar surface area (TPSA) is 194 Å². The smallest absolute Gasteiger partial charge is 0.329 e. The van der Waals surface area contributed by atoms with Gasteiger partial charge in [-0.25, -0.2) is 4.79 Å².